The number of amides is 1. The quantitative estimate of drug-likeness (QED) is 0.520. The van der Waals surface area contributed by atoms with Gasteiger partial charge in [-0.1, -0.05) is 6.07 Å². The molecule has 2 N–H and O–H groups in total. The van der Waals surface area contributed by atoms with E-state index in [0.717, 1.165) is 12.2 Å². The van der Waals surface area contributed by atoms with Crippen LogP contribution < -0.4 is 10.5 Å². The molecule has 1 fully saturated rings. The fourth-order valence-corrected chi connectivity index (χ4v) is 3.96. The molecule has 0 unspecified atom stereocenters. The Morgan fingerprint density at radius 3 is 2.81 bits per heavy atom. The molecule has 1 aliphatic heterocycles. The lowest BCUT2D eigenvalue weighted by Crippen LogP contribution is -2.18. The molecule has 6 rings (SSSR count). The van der Waals surface area contributed by atoms with Crippen molar-refractivity contribution in [3.63, 3.8) is 0 Å². The van der Waals surface area contributed by atoms with Crippen LogP contribution in [0.25, 0.3) is 28.7 Å². The van der Waals surface area contributed by atoms with E-state index < -0.39 is 11.7 Å². The fraction of sp³-hybridized carbons (Fsp3) is 0.227. The van der Waals surface area contributed by atoms with Crippen LogP contribution in [-0.4, -0.2) is 35.2 Å². The van der Waals surface area contributed by atoms with Gasteiger partial charge in [-0.25, -0.2) is 14.4 Å². The second-order valence-electron chi connectivity index (χ2n) is 8.02. The first-order valence-electron chi connectivity index (χ1n) is 10.3. The zero-order valence-corrected chi connectivity index (χ0v) is 16.9. The lowest BCUT2D eigenvalue weighted by Gasteiger charge is -2.22. The van der Waals surface area contributed by atoms with E-state index in [-0.39, 0.29) is 12.2 Å². The van der Waals surface area contributed by atoms with E-state index in [9.17, 15) is 9.18 Å². The van der Waals surface area contributed by atoms with Crippen LogP contribution in [0.15, 0.2) is 42.9 Å². The first-order chi connectivity index (χ1) is 15.6. The molecule has 1 aromatic carbocycles. The second-order valence-corrected chi connectivity index (χ2v) is 8.02. The fourth-order valence-electron chi connectivity index (χ4n) is 3.96. The van der Waals surface area contributed by atoms with Crippen molar-refractivity contribution >= 4 is 5.91 Å². The Morgan fingerprint density at radius 1 is 1.22 bits per heavy atom. The number of benzene rings is 1. The zero-order chi connectivity index (χ0) is 21.8. The molecule has 1 aliphatic carbocycles. The Hall–Kier alpha value is -4.08. The third-order valence-electron chi connectivity index (χ3n) is 5.74. The molecule has 0 radical (unpaired) electrons. The van der Waals surface area contributed by atoms with Gasteiger partial charge in [0.25, 0.3) is 5.91 Å². The molecule has 1 amide bonds. The average molecular weight is 431 g/mol. The van der Waals surface area contributed by atoms with Crippen LogP contribution in [0, 0.1) is 11.7 Å². The predicted octanol–water partition coefficient (Wildman–Crippen LogP) is 2.73. The van der Waals surface area contributed by atoms with Crippen LogP contribution in [0.5, 0.6) is 5.75 Å². The molecular weight excluding hydrogens is 413 g/mol. The maximum absolute atomic E-state index is 14.3. The van der Waals surface area contributed by atoms with Gasteiger partial charge in [0.15, 0.2) is 11.6 Å². The van der Waals surface area contributed by atoms with Crippen molar-refractivity contribution in [3.8, 4) is 34.5 Å². The van der Waals surface area contributed by atoms with Gasteiger partial charge in [0.05, 0.1) is 23.1 Å². The topological polar surface area (TPSA) is 114 Å². The molecule has 3 aromatic heterocycles. The number of rotatable bonds is 5. The van der Waals surface area contributed by atoms with Crippen LogP contribution in [-0.2, 0) is 13.2 Å². The van der Waals surface area contributed by atoms with E-state index in [1.807, 2.05) is 27.3 Å². The monoisotopic (exact) mass is 431 g/mol. The minimum absolute atomic E-state index is 0.213. The molecule has 10 heteroatoms. The van der Waals surface area contributed by atoms with Crippen molar-refractivity contribution < 1.29 is 13.9 Å². The van der Waals surface area contributed by atoms with Crippen molar-refractivity contribution in [1.82, 2.24) is 29.3 Å². The van der Waals surface area contributed by atoms with E-state index in [0.29, 0.717) is 40.4 Å². The molecule has 4 aromatic rings. The highest BCUT2D eigenvalue weighted by Gasteiger charge is 2.26. The van der Waals surface area contributed by atoms with Crippen LogP contribution in [0.1, 0.15) is 28.9 Å². The van der Waals surface area contributed by atoms with E-state index in [1.165, 1.54) is 25.0 Å². The number of imidazole rings is 1. The van der Waals surface area contributed by atoms with Gasteiger partial charge in [-0.05, 0) is 37.0 Å². The number of primary amides is 1. The summed E-state index contributed by atoms with van der Waals surface area (Å²) < 4.78 is 23.8. The zero-order valence-electron chi connectivity index (χ0n) is 16.9. The number of pyridine rings is 1. The minimum atomic E-state index is -0.853. The Morgan fingerprint density at radius 2 is 2.03 bits per heavy atom. The number of nitrogens with two attached hydrogens (primary N) is 1. The Bertz CT molecular complexity index is 1370. The van der Waals surface area contributed by atoms with Crippen molar-refractivity contribution in [2.24, 2.45) is 11.7 Å². The third-order valence-corrected chi connectivity index (χ3v) is 5.74. The molecule has 0 spiro atoms. The lowest BCUT2D eigenvalue weighted by molar-refractivity contribution is 0.0996. The van der Waals surface area contributed by atoms with Crippen molar-refractivity contribution in [1.29, 1.82) is 0 Å². The van der Waals surface area contributed by atoms with Gasteiger partial charge in [0, 0.05) is 12.6 Å². The van der Waals surface area contributed by atoms with Gasteiger partial charge < -0.3 is 15.0 Å². The number of carbonyl (C=O) groups is 1. The van der Waals surface area contributed by atoms with Gasteiger partial charge in [-0.2, -0.15) is 0 Å². The number of aromatic nitrogens is 6. The predicted molar refractivity (Wildman–Crippen MR) is 111 cm³/mol. The second kappa shape index (κ2) is 6.98. The summed E-state index contributed by atoms with van der Waals surface area (Å²) in [7, 11) is 0. The summed E-state index contributed by atoms with van der Waals surface area (Å²) in [6.07, 6.45) is 5.85. The van der Waals surface area contributed by atoms with Crippen LogP contribution in [0.2, 0.25) is 0 Å². The van der Waals surface area contributed by atoms with E-state index in [1.54, 1.807) is 12.5 Å². The number of halogens is 1. The standard InChI is InChI=1S/C22H18FN7O2/c23-15-7-19-18(6-14(15)20(24)31)30-13(10-32-19)8-25-21(30)16-2-1-3-17(27-16)22-28-26-11-29(22)9-12-4-5-12/h1-3,6-8,11-12H,4-5,9-10H2,(H2,24,31). The van der Waals surface area contributed by atoms with Crippen molar-refractivity contribution in [3.05, 3.63) is 59.9 Å². The highest BCUT2D eigenvalue weighted by atomic mass is 19.1. The number of ether oxygens (including phenoxy) is 1. The van der Waals surface area contributed by atoms with Crippen molar-refractivity contribution in [2.75, 3.05) is 0 Å². The number of carbonyl (C=O) groups excluding carboxylic acids is 1. The summed E-state index contributed by atoms with van der Waals surface area (Å²) in [6.45, 7) is 1.09. The lowest BCUT2D eigenvalue weighted by atomic mass is 10.1. The minimum Gasteiger partial charge on any atom is -0.485 e. The number of nitrogens with zero attached hydrogens (tertiary/aromatic N) is 6. The smallest absolute Gasteiger partial charge is 0.251 e. The molecule has 32 heavy (non-hydrogen) atoms. The molecule has 0 atom stereocenters. The maximum atomic E-state index is 14.3. The van der Waals surface area contributed by atoms with Crippen LogP contribution >= 0.6 is 0 Å². The van der Waals surface area contributed by atoms with Crippen LogP contribution in [0.4, 0.5) is 4.39 Å². The normalized spacial score (nSPS) is 14.5. The summed E-state index contributed by atoms with van der Waals surface area (Å²) in [6, 6.07) is 8.17. The maximum Gasteiger partial charge on any atom is 0.251 e. The Kier molecular flexibility index (Phi) is 4.07. The summed E-state index contributed by atoms with van der Waals surface area (Å²) in [4.78, 5) is 21.0. The molecule has 1 saturated carbocycles. The van der Waals surface area contributed by atoms with Gasteiger partial charge >= 0.3 is 0 Å². The van der Waals surface area contributed by atoms with Gasteiger partial charge in [-0.3, -0.25) is 9.36 Å². The third kappa shape index (κ3) is 3.03. The van der Waals surface area contributed by atoms with Crippen molar-refractivity contribution in [2.45, 2.75) is 26.0 Å². The molecule has 160 valence electrons. The number of hydrogen-bond donors (Lipinski definition) is 1. The summed E-state index contributed by atoms with van der Waals surface area (Å²) in [5.41, 5.74) is 7.65. The highest BCUT2D eigenvalue weighted by Crippen LogP contribution is 2.36. The van der Waals surface area contributed by atoms with E-state index in [2.05, 4.69) is 15.2 Å². The molecule has 0 bridgehead atoms. The largest absolute Gasteiger partial charge is 0.485 e. The highest BCUT2D eigenvalue weighted by molar-refractivity contribution is 5.94. The Labute approximate surface area is 181 Å². The number of fused-ring (bicyclic) bond motifs is 3. The molecular formula is C22H18FN7O2. The SMILES string of the molecule is NC(=O)c1cc2c(cc1F)OCc1cnc(-c3cccc(-c4nncn4CC4CC4)n3)n1-2. The van der Waals surface area contributed by atoms with E-state index in [4.69, 9.17) is 15.5 Å². The molecule has 4 heterocycles. The molecule has 2 aliphatic rings. The average Bonchev–Trinajstić information content (AvgIpc) is 3.30. The van der Waals surface area contributed by atoms with E-state index >= 15 is 0 Å². The molecule has 9 nitrogen and oxygen atoms in total. The first-order valence-corrected chi connectivity index (χ1v) is 10.3. The summed E-state index contributed by atoms with van der Waals surface area (Å²) in [5.74, 6) is 0.640. The summed E-state index contributed by atoms with van der Waals surface area (Å²) >= 11 is 0. The van der Waals surface area contributed by atoms with Gasteiger partial charge in [0.1, 0.15) is 35.9 Å². The number of hydrogen-bond acceptors (Lipinski definition) is 6. The van der Waals surface area contributed by atoms with Gasteiger partial charge in [0.2, 0.25) is 0 Å². The van der Waals surface area contributed by atoms with Gasteiger partial charge in [-0.15, -0.1) is 10.2 Å². The Balaban J connectivity index is 1.45. The first kappa shape index (κ1) is 18.7. The summed E-state index contributed by atoms with van der Waals surface area (Å²) in [5, 5.41) is 8.33. The molecule has 0 saturated heterocycles. The van der Waals surface area contributed by atoms with Crippen LogP contribution in [0.3, 0.4) is 0 Å².